The Bertz CT molecular complexity index is 425. The van der Waals surface area contributed by atoms with Gasteiger partial charge in [-0.05, 0) is 50.4 Å². The maximum Gasteiger partial charge on any atom is 0.119 e. The highest BCUT2D eigenvalue weighted by molar-refractivity contribution is 5.28. The molecule has 0 spiro atoms. The summed E-state index contributed by atoms with van der Waals surface area (Å²) in [6, 6.07) is 10.5. The molecule has 0 fully saturated rings. The maximum atomic E-state index is 9.15. The van der Waals surface area contributed by atoms with Crippen LogP contribution in [0.5, 0.6) is 5.75 Å². The number of hydrogen-bond donors (Lipinski definition) is 1. The Morgan fingerprint density at radius 2 is 2.16 bits per heavy atom. The van der Waals surface area contributed by atoms with E-state index in [0.29, 0.717) is 6.61 Å². The Morgan fingerprint density at radius 3 is 2.79 bits per heavy atom. The van der Waals surface area contributed by atoms with Crippen LogP contribution in [0.25, 0.3) is 0 Å². The number of aryl methyl sites for hydroxylation is 1. The van der Waals surface area contributed by atoms with Gasteiger partial charge in [-0.3, -0.25) is 5.32 Å². The van der Waals surface area contributed by atoms with E-state index >= 15 is 0 Å². The summed E-state index contributed by atoms with van der Waals surface area (Å²) in [5.41, 5.74) is 0.843. The number of nitriles is 1. The first-order chi connectivity index (χ1) is 9.13. The molecule has 1 unspecified atom stereocenters. The summed E-state index contributed by atoms with van der Waals surface area (Å²) in [7, 11) is 0. The van der Waals surface area contributed by atoms with Crippen LogP contribution in [0.3, 0.4) is 0 Å². The molecule has 19 heavy (non-hydrogen) atoms. The molecule has 0 heterocycles. The molecule has 104 valence electrons. The van der Waals surface area contributed by atoms with Crippen molar-refractivity contribution < 1.29 is 4.74 Å². The summed E-state index contributed by atoms with van der Waals surface area (Å²) >= 11 is 0. The zero-order chi connectivity index (χ0) is 14.1. The fourth-order valence-corrected chi connectivity index (χ4v) is 2.04. The lowest BCUT2D eigenvalue weighted by Gasteiger charge is -2.22. The summed E-state index contributed by atoms with van der Waals surface area (Å²) in [5.74, 6) is 0.918. The van der Waals surface area contributed by atoms with Gasteiger partial charge in [-0.2, -0.15) is 5.26 Å². The second-order valence-corrected chi connectivity index (χ2v) is 4.93. The summed E-state index contributed by atoms with van der Waals surface area (Å²) < 4.78 is 5.73. The van der Waals surface area contributed by atoms with Crippen LogP contribution in [0.15, 0.2) is 24.3 Å². The van der Waals surface area contributed by atoms with E-state index < -0.39 is 5.54 Å². The highest BCUT2D eigenvalue weighted by Gasteiger charge is 2.21. The third kappa shape index (κ3) is 5.32. The van der Waals surface area contributed by atoms with Gasteiger partial charge in [0.05, 0.1) is 12.7 Å². The third-order valence-electron chi connectivity index (χ3n) is 3.21. The van der Waals surface area contributed by atoms with Crippen molar-refractivity contribution in [2.75, 3.05) is 13.2 Å². The van der Waals surface area contributed by atoms with Crippen molar-refractivity contribution >= 4 is 0 Å². The van der Waals surface area contributed by atoms with Gasteiger partial charge < -0.3 is 4.74 Å². The first-order valence-corrected chi connectivity index (χ1v) is 7.01. The van der Waals surface area contributed by atoms with Crippen LogP contribution in [0.1, 0.15) is 39.2 Å². The predicted octanol–water partition coefficient (Wildman–Crippen LogP) is 3.30. The first kappa shape index (κ1) is 15.5. The van der Waals surface area contributed by atoms with Crippen molar-refractivity contribution in [3.05, 3.63) is 29.8 Å². The van der Waals surface area contributed by atoms with Crippen LogP contribution in [-0.2, 0) is 6.42 Å². The van der Waals surface area contributed by atoms with Crippen molar-refractivity contribution in [1.29, 1.82) is 5.26 Å². The Morgan fingerprint density at radius 1 is 1.37 bits per heavy atom. The third-order valence-corrected chi connectivity index (χ3v) is 3.21. The Balaban J connectivity index is 2.36. The Hall–Kier alpha value is -1.53. The zero-order valence-electron chi connectivity index (χ0n) is 12.2. The SMILES string of the molecule is CCNC(C)(C#N)CCCOc1cccc(CC)c1. The quantitative estimate of drug-likeness (QED) is 0.729. The van der Waals surface area contributed by atoms with Gasteiger partial charge in [0.2, 0.25) is 0 Å². The molecule has 0 saturated carbocycles. The second-order valence-electron chi connectivity index (χ2n) is 4.93. The van der Waals surface area contributed by atoms with Gasteiger partial charge in [-0.1, -0.05) is 26.0 Å². The van der Waals surface area contributed by atoms with Crippen molar-refractivity contribution in [1.82, 2.24) is 5.32 Å². The summed E-state index contributed by atoms with van der Waals surface area (Å²) in [5, 5.41) is 12.4. The predicted molar refractivity (Wildman–Crippen MR) is 78.2 cm³/mol. The Labute approximate surface area is 116 Å². The van der Waals surface area contributed by atoms with Crippen LogP contribution < -0.4 is 10.1 Å². The second kappa shape index (κ2) is 7.81. The van der Waals surface area contributed by atoms with Gasteiger partial charge in [0.1, 0.15) is 11.3 Å². The van der Waals surface area contributed by atoms with E-state index in [9.17, 15) is 0 Å². The minimum absolute atomic E-state index is 0.441. The molecule has 0 saturated heterocycles. The van der Waals surface area contributed by atoms with Gasteiger partial charge in [0, 0.05) is 0 Å². The molecule has 1 atom stereocenters. The summed E-state index contributed by atoms with van der Waals surface area (Å²) in [6.45, 7) is 7.55. The zero-order valence-corrected chi connectivity index (χ0v) is 12.2. The van der Waals surface area contributed by atoms with Crippen LogP contribution in [0, 0.1) is 11.3 Å². The topological polar surface area (TPSA) is 45.0 Å². The number of nitrogens with zero attached hydrogens (tertiary/aromatic N) is 1. The van der Waals surface area contributed by atoms with Crippen LogP contribution in [-0.4, -0.2) is 18.7 Å². The molecule has 3 nitrogen and oxygen atoms in total. The summed E-state index contributed by atoms with van der Waals surface area (Å²) in [4.78, 5) is 0. The van der Waals surface area contributed by atoms with E-state index in [4.69, 9.17) is 10.00 Å². The number of ether oxygens (including phenoxy) is 1. The number of rotatable bonds is 8. The molecule has 1 N–H and O–H groups in total. The van der Waals surface area contributed by atoms with Crippen molar-refractivity contribution in [2.24, 2.45) is 0 Å². The molecule has 0 aliphatic heterocycles. The molecule has 0 aliphatic rings. The minimum atomic E-state index is -0.441. The van der Waals surface area contributed by atoms with Crippen molar-refractivity contribution in [3.63, 3.8) is 0 Å². The van der Waals surface area contributed by atoms with Crippen molar-refractivity contribution in [3.8, 4) is 11.8 Å². The largest absolute Gasteiger partial charge is 0.494 e. The number of benzene rings is 1. The number of nitrogens with one attached hydrogen (secondary N) is 1. The van der Waals surface area contributed by atoms with Gasteiger partial charge in [0.15, 0.2) is 0 Å². The average Bonchev–Trinajstić information content (AvgIpc) is 2.44. The van der Waals surface area contributed by atoms with Crippen LogP contribution in [0.4, 0.5) is 0 Å². The van der Waals surface area contributed by atoms with Gasteiger partial charge in [0.25, 0.3) is 0 Å². The lowest BCUT2D eigenvalue weighted by atomic mass is 9.98. The van der Waals surface area contributed by atoms with E-state index in [-0.39, 0.29) is 0 Å². The van der Waals surface area contributed by atoms with E-state index in [1.54, 1.807) is 0 Å². The van der Waals surface area contributed by atoms with Crippen LogP contribution >= 0.6 is 0 Å². The molecule has 0 aliphatic carbocycles. The lowest BCUT2D eigenvalue weighted by Crippen LogP contribution is -2.40. The highest BCUT2D eigenvalue weighted by atomic mass is 16.5. The molecule has 1 aromatic rings. The normalized spacial score (nSPS) is 13.6. The number of hydrogen-bond acceptors (Lipinski definition) is 3. The lowest BCUT2D eigenvalue weighted by molar-refractivity contribution is 0.286. The maximum absolute atomic E-state index is 9.15. The fraction of sp³-hybridized carbons (Fsp3) is 0.562. The van der Waals surface area contributed by atoms with Gasteiger partial charge in [-0.25, -0.2) is 0 Å². The van der Waals surface area contributed by atoms with Crippen molar-refractivity contribution in [2.45, 2.75) is 45.6 Å². The van der Waals surface area contributed by atoms with E-state index in [0.717, 1.165) is 31.6 Å². The smallest absolute Gasteiger partial charge is 0.119 e. The molecule has 1 rings (SSSR count). The fourth-order valence-electron chi connectivity index (χ4n) is 2.04. The summed E-state index contributed by atoms with van der Waals surface area (Å²) in [6.07, 6.45) is 2.68. The molecule has 0 aromatic heterocycles. The molecule has 3 heteroatoms. The van der Waals surface area contributed by atoms with E-state index in [1.165, 1.54) is 5.56 Å². The molecule has 0 radical (unpaired) electrons. The molecular weight excluding hydrogens is 236 g/mol. The average molecular weight is 260 g/mol. The molecule has 1 aromatic carbocycles. The molecule has 0 bridgehead atoms. The molecule has 0 amide bonds. The first-order valence-electron chi connectivity index (χ1n) is 7.01. The van der Waals surface area contributed by atoms with Gasteiger partial charge in [-0.15, -0.1) is 0 Å². The van der Waals surface area contributed by atoms with E-state index in [1.807, 2.05) is 26.0 Å². The highest BCUT2D eigenvalue weighted by Crippen LogP contribution is 2.16. The minimum Gasteiger partial charge on any atom is -0.494 e. The van der Waals surface area contributed by atoms with Crippen LogP contribution in [0.2, 0.25) is 0 Å². The standard InChI is InChI=1S/C16H24N2O/c1-4-14-8-6-9-15(12-14)19-11-7-10-16(3,13-17)18-5-2/h6,8-9,12,18H,4-5,7,10-11H2,1-3H3. The van der Waals surface area contributed by atoms with E-state index in [2.05, 4.69) is 30.4 Å². The monoisotopic (exact) mass is 260 g/mol. The Kier molecular flexibility index (Phi) is 6.38. The van der Waals surface area contributed by atoms with Gasteiger partial charge >= 0.3 is 0 Å². The molecular formula is C16H24N2O.